The van der Waals surface area contributed by atoms with Crippen LogP contribution in [-0.4, -0.2) is 45.2 Å². The Balaban J connectivity index is 1.65. The number of hydrogen-bond acceptors (Lipinski definition) is 6. The molecule has 2 aromatic heterocycles. The minimum absolute atomic E-state index is 0.231. The van der Waals surface area contributed by atoms with Crippen LogP contribution in [0.3, 0.4) is 0 Å². The van der Waals surface area contributed by atoms with Gasteiger partial charge in [-0.25, -0.2) is 9.36 Å². The van der Waals surface area contributed by atoms with Crippen LogP contribution in [0.4, 0.5) is 0 Å². The molecule has 0 saturated heterocycles. The monoisotopic (exact) mass is 397 g/mol. The molecule has 3 aromatic rings. The number of ether oxygens (including phenoxy) is 2. The van der Waals surface area contributed by atoms with Gasteiger partial charge in [0.1, 0.15) is 0 Å². The van der Waals surface area contributed by atoms with E-state index in [4.69, 9.17) is 9.47 Å². The van der Waals surface area contributed by atoms with Crippen LogP contribution in [0, 0.1) is 0 Å². The molecular formula is C20H23N5O4. The van der Waals surface area contributed by atoms with Gasteiger partial charge in [0.05, 0.1) is 19.8 Å². The third-order valence-electron chi connectivity index (χ3n) is 4.01. The van der Waals surface area contributed by atoms with Gasteiger partial charge in [0.15, 0.2) is 17.3 Å². The minimum Gasteiger partial charge on any atom is -0.490 e. The molecule has 0 fully saturated rings. The molecule has 0 bridgehead atoms. The Morgan fingerprint density at radius 3 is 2.62 bits per heavy atom. The fraction of sp³-hybridized carbons (Fsp3) is 0.300. The highest BCUT2D eigenvalue weighted by Crippen LogP contribution is 2.28. The summed E-state index contributed by atoms with van der Waals surface area (Å²) in [5.74, 6) is 1.36. The number of benzene rings is 1. The van der Waals surface area contributed by atoms with Crippen LogP contribution >= 0.6 is 0 Å². The molecule has 0 saturated carbocycles. The Morgan fingerprint density at radius 2 is 1.90 bits per heavy atom. The fourth-order valence-corrected chi connectivity index (χ4v) is 2.69. The van der Waals surface area contributed by atoms with Crippen LogP contribution in [0.15, 0.2) is 53.6 Å². The summed E-state index contributed by atoms with van der Waals surface area (Å²) >= 11 is 0. The van der Waals surface area contributed by atoms with Crippen LogP contribution in [0.25, 0.3) is 5.82 Å². The third kappa shape index (κ3) is 5.01. The average Bonchev–Trinajstić information content (AvgIpc) is 3.26. The molecule has 0 radical (unpaired) electrons. The molecule has 0 spiro atoms. The predicted molar refractivity (Wildman–Crippen MR) is 107 cm³/mol. The van der Waals surface area contributed by atoms with Gasteiger partial charge in [-0.3, -0.25) is 9.59 Å². The number of nitrogens with zero attached hydrogens (tertiary/aromatic N) is 4. The van der Waals surface area contributed by atoms with Gasteiger partial charge in [-0.2, -0.15) is 5.10 Å². The van der Waals surface area contributed by atoms with Crippen molar-refractivity contribution in [2.24, 2.45) is 0 Å². The molecule has 1 N–H and O–H groups in total. The largest absolute Gasteiger partial charge is 0.490 e. The van der Waals surface area contributed by atoms with E-state index < -0.39 is 0 Å². The number of hydrogen-bond donors (Lipinski definition) is 1. The molecule has 0 aliphatic carbocycles. The molecule has 1 amide bonds. The fourth-order valence-electron chi connectivity index (χ4n) is 2.69. The first-order valence-corrected chi connectivity index (χ1v) is 9.38. The van der Waals surface area contributed by atoms with Gasteiger partial charge in [-0.05, 0) is 44.2 Å². The second-order valence-corrected chi connectivity index (χ2v) is 5.99. The Hall–Kier alpha value is -3.62. The summed E-state index contributed by atoms with van der Waals surface area (Å²) < 4.78 is 13.9. The summed E-state index contributed by atoms with van der Waals surface area (Å²) in [7, 11) is 0. The number of nitrogens with one attached hydrogen (secondary N) is 1. The Morgan fingerprint density at radius 1 is 1.10 bits per heavy atom. The molecule has 2 heterocycles. The first-order valence-electron chi connectivity index (χ1n) is 9.38. The van der Waals surface area contributed by atoms with Crippen molar-refractivity contribution in [3.05, 3.63) is 64.7 Å². The van der Waals surface area contributed by atoms with Crippen molar-refractivity contribution < 1.29 is 14.3 Å². The van der Waals surface area contributed by atoms with Crippen LogP contribution in [0.1, 0.15) is 24.2 Å². The summed E-state index contributed by atoms with van der Waals surface area (Å²) in [5.41, 5.74) is 0.192. The van der Waals surface area contributed by atoms with E-state index in [0.29, 0.717) is 36.1 Å². The number of carbonyl (C=O) groups is 1. The van der Waals surface area contributed by atoms with Crippen LogP contribution in [-0.2, 0) is 6.54 Å². The van der Waals surface area contributed by atoms with Crippen LogP contribution in [0.5, 0.6) is 11.5 Å². The van der Waals surface area contributed by atoms with Gasteiger partial charge in [0.25, 0.3) is 11.5 Å². The smallest absolute Gasteiger partial charge is 0.266 e. The zero-order valence-electron chi connectivity index (χ0n) is 16.4. The van der Waals surface area contributed by atoms with E-state index in [1.54, 1.807) is 47.4 Å². The molecule has 0 atom stereocenters. The summed E-state index contributed by atoms with van der Waals surface area (Å²) in [5, 5.41) is 11.2. The number of aromatic nitrogens is 4. The summed E-state index contributed by atoms with van der Waals surface area (Å²) in [6, 6.07) is 9.82. The van der Waals surface area contributed by atoms with Gasteiger partial charge in [0.2, 0.25) is 0 Å². The van der Waals surface area contributed by atoms with Gasteiger partial charge in [-0.1, -0.05) is 0 Å². The Labute approximate surface area is 167 Å². The van der Waals surface area contributed by atoms with Crippen molar-refractivity contribution in [1.82, 2.24) is 24.9 Å². The predicted octanol–water partition coefficient (Wildman–Crippen LogP) is 1.66. The quantitative estimate of drug-likeness (QED) is 0.589. The molecule has 0 aliphatic rings. The van der Waals surface area contributed by atoms with E-state index in [9.17, 15) is 9.59 Å². The van der Waals surface area contributed by atoms with Gasteiger partial charge in [0, 0.05) is 30.6 Å². The van der Waals surface area contributed by atoms with Crippen molar-refractivity contribution >= 4 is 5.91 Å². The van der Waals surface area contributed by atoms with Crippen molar-refractivity contribution in [3.8, 4) is 17.3 Å². The van der Waals surface area contributed by atoms with Gasteiger partial charge < -0.3 is 14.8 Å². The summed E-state index contributed by atoms with van der Waals surface area (Å²) in [6.45, 7) is 5.19. The molecule has 3 rings (SSSR count). The lowest BCUT2D eigenvalue weighted by Crippen LogP contribution is -2.32. The van der Waals surface area contributed by atoms with E-state index in [0.717, 1.165) is 0 Å². The third-order valence-corrected chi connectivity index (χ3v) is 4.01. The molecule has 29 heavy (non-hydrogen) atoms. The number of amides is 1. The van der Waals surface area contributed by atoms with Gasteiger partial charge >= 0.3 is 0 Å². The molecular weight excluding hydrogens is 374 g/mol. The SMILES string of the molecule is CCOc1ccc(C(=O)NCCn2nc(-n3cccn3)ccc2=O)cc1OCC. The first-order chi connectivity index (χ1) is 14.1. The lowest BCUT2D eigenvalue weighted by molar-refractivity contribution is 0.0951. The first kappa shape index (κ1) is 20.1. The highest BCUT2D eigenvalue weighted by Gasteiger charge is 2.11. The molecule has 0 unspecified atom stereocenters. The molecule has 9 nitrogen and oxygen atoms in total. The Bertz CT molecular complexity index is 1010. The van der Waals surface area contributed by atoms with Crippen molar-refractivity contribution in [3.63, 3.8) is 0 Å². The van der Waals surface area contributed by atoms with Crippen LogP contribution in [0.2, 0.25) is 0 Å². The topological polar surface area (TPSA) is 100 Å². The number of carbonyl (C=O) groups excluding carboxylic acids is 1. The highest BCUT2D eigenvalue weighted by atomic mass is 16.5. The zero-order chi connectivity index (χ0) is 20.6. The standard InChI is InChI=1S/C20H23N5O4/c1-3-28-16-7-6-15(14-17(16)29-4-2)20(27)21-11-13-25-19(26)9-8-18(23-25)24-12-5-10-22-24/h5-10,12,14H,3-4,11,13H2,1-2H3,(H,21,27). The van der Waals surface area contributed by atoms with E-state index in [1.807, 2.05) is 13.8 Å². The number of rotatable bonds is 9. The maximum absolute atomic E-state index is 12.5. The van der Waals surface area contributed by atoms with Crippen molar-refractivity contribution in [2.45, 2.75) is 20.4 Å². The molecule has 1 aromatic carbocycles. The van der Waals surface area contributed by atoms with Crippen LogP contribution < -0.4 is 20.3 Å². The van der Waals surface area contributed by atoms with Crippen molar-refractivity contribution in [1.29, 1.82) is 0 Å². The molecule has 152 valence electrons. The lowest BCUT2D eigenvalue weighted by atomic mass is 10.2. The van der Waals surface area contributed by atoms with E-state index in [1.165, 1.54) is 10.7 Å². The zero-order valence-corrected chi connectivity index (χ0v) is 16.4. The normalized spacial score (nSPS) is 10.6. The van der Waals surface area contributed by atoms with Crippen molar-refractivity contribution in [2.75, 3.05) is 19.8 Å². The van der Waals surface area contributed by atoms with Gasteiger partial charge in [-0.15, -0.1) is 5.10 Å². The summed E-state index contributed by atoms with van der Waals surface area (Å²) in [4.78, 5) is 24.5. The van der Waals surface area contributed by atoms with E-state index in [-0.39, 0.29) is 24.6 Å². The second kappa shape index (κ2) is 9.54. The van der Waals surface area contributed by atoms with E-state index >= 15 is 0 Å². The maximum atomic E-state index is 12.5. The maximum Gasteiger partial charge on any atom is 0.266 e. The second-order valence-electron chi connectivity index (χ2n) is 5.99. The average molecular weight is 397 g/mol. The van der Waals surface area contributed by atoms with E-state index in [2.05, 4.69) is 15.5 Å². The highest BCUT2D eigenvalue weighted by molar-refractivity contribution is 5.94. The molecule has 0 aliphatic heterocycles. The minimum atomic E-state index is -0.273. The molecule has 9 heteroatoms. The summed E-state index contributed by atoms with van der Waals surface area (Å²) in [6.07, 6.45) is 3.37. The lowest BCUT2D eigenvalue weighted by Gasteiger charge is -2.13. The Kier molecular flexibility index (Phi) is 6.62.